The summed E-state index contributed by atoms with van der Waals surface area (Å²) in [6.45, 7) is 0. The number of halogens is 1. The maximum Gasteiger partial charge on any atom is 0.367 e. The van der Waals surface area contributed by atoms with Gasteiger partial charge in [0.15, 0.2) is 5.78 Å². The molecule has 2 amide bonds. The van der Waals surface area contributed by atoms with Gasteiger partial charge in [-0.1, -0.05) is 6.42 Å². The number of hydrogen-bond acceptors (Lipinski definition) is 3. The first-order valence-corrected chi connectivity index (χ1v) is 8.23. The molecule has 0 spiro atoms. The molecule has 0 N–H and O–H groups in total. The lowest BCUT2D eigenvalue weighted by atomic mass is 9.87. The van der Waals surface area contributed by atoms with Crippen molar-refractivity contribution in [2.75, 3.05) is 5.75 Å². The Morgan fingerprint density at radius 1 is 1.23 bits per heavy atom. The fourth-order valence-corrected chi connectivity index (χ4v) is 3.75. The number of carbonyl (C=O) groups is 2. The molecule has 0 aromatic heterocycles. The van der Waals surface area contributed by atoms with Crippen molar-refractivity contribution in [1.29, 1.82) is 0 Å². The summed E-state index contributed by atoms with van der Waals surface area (Å²) in [5.41, 5.74) is 1.37. The Labute approximate surface area is 131 Å². The smallest absolute Gasteiger partial charge is 0.293 e. The number of nitrogens with zero attached hydrogens (tertiary/aromatic N) is 2. The molecule has 0 bridgehead atoms. The summed E-state index contributed by atoms with van der Waals surface area (Å²) in [6.07, 6.45) is 3.91. The van der Waals surface area contributed by atoms with E-state index in [1.54, 1.807) is 0 Å². The second kappa shape index (κ2) is 6.52. The fraction of sp³-hybridized carbons (Fsp3) is 0.375. The van der Waals surface area contributed by atoms with Gasteiger partial charge in [0.1, 0.15) is 5.82 Å². The van der Waals surface area contributed by atoms with E-state index in [-0.39, 0.29) is 23.3 Å². The topological polar surface area (TPSA) is 58.9 Å². The van der Waals surface area contributed by atoms with E-state index in [4.69, 9.17) is 0 Å². The fourth-order valence-electron chi connectivity index (χ4n) is 2.71. The number of ketones is 1. The lowest BCUT2D eigenvalue weighted by Crippen LogP contribution is -2.30. The van der Waals surface area contributed by atoms with Crippen LogP contribution in [0.4, 0.5) is 9.18 Å². The van der Waals surface area contributed by atoms with Gasteiger partial charge >= 0.3 is 6.03 Å². The second-order valence-electron chi connectivity index (χ2n) is 5.35. The van der Waals surface area contributed by atoms with Gasteiger partial charge in [-0.25, -0.2) is 14.2 Å². The minimum absolute atomic E-state index is 0.0949. The van der Waals surface area contributed by atoms with E-state index in [1.807, 2.05) is 0 Å². The summed E-state index contributed by atoms with van der Waals surface area (Å²) in [5, 5.41) is 0.699. The van der Waals surface area contributed by atoms with Gasteiger partial charge in [-0.3, -0.25) is 4.79 Å². The molecule has 6 heteroatoms. The third-order valence-electron chi connectivity index (χ3n) is 3.84. The van der Waals surface area contributed by atoms with Crippen molar-refractivity contribution in [2.45, 2.75) is 25.7 Å². The number of aliphatic imine (C=N–C) groups is 2. The van der Waals surface area contributed by atoms with Gasteiger partial charge in [0.05, 0.1) is 10.8 Å². The van der Waals surface area contributed by atoms with Crippen LogP contribution in [0.15, 0.2) is 34.3 Å². The van der Waals surface area contributed by atoms with E-state index in [2.05, 4.69) is 9.98 Å². The van der Waals surface area contributed by atoms with Crippen LogP contribution in [0, 0.1) is 11.7 Å². The van der Waals surface area contributed by atoms with Crippen LogP contribution in [-0.4, -0.2) is 28.3 Å². The third-order valence-corrected chi connectivity index (χ3v) is 4.92. The van der Waals surface area contributed by atoms with E-state index in [1.165, 1.54) is 36.0 Å². The molecule has 4 nitrogen and oxygen atoms in total. The predicted octanol–water partition coefficient (Wildman–Crippen LogP) is 3.90. The highest BCUT2D eigenvalue weighted by molar-refractivity contribution is 8.14. The highest BCUT2D eigenvalue weighted by Gasteiger charge is 2.30. The van der Waals surface area contributed by atoms with Crippen molar-refractivity contribution < 1.29 is 14.0 Å². The lowest BCUT2D eigenvalue weighted by Gasteiger charge is -2.26. The van der Waals surface area contributed by atoms with Crippen molar-refractivity contribution in [3.05, 3.63) is 35.6 Å². The minimum atomic E-state index is -0.468. The number of Topliss-reactive ketones (excluding diaryl/α,β-unsaturated/α-hetero) is 1. The molecule has 1 saturated carbocycles. The number of carbonyl (C=O) groups excluding carboxylic acids is 2. The summed E-state index contributed by atoms with van der Waals surface area (Å²) in [6, 6.07) is 5.01. The Morgan fingerprint density at radius 3 is 2.77 bits per heavy atom. The molecule has 22 heavy (non-hydrogen) atoms. The zero-order valence-electron chi connectivity index (χ0n) is 11.9. The summed E-state index contributed by atoms with van der Waals surface area (Å²) in [5.74, 6) is -0.173. The Bertz CT molecular complexity index is 667. The molecule has 1 aromatic carbocycles. The maximum absolute atomic E-state index is 12.9. The number of fused-ring (bicyclic) bond motifs is 1. The molecule has 1 heterocycles. The van der Waals surface area contributed by atoms with Gasteiger partial charge in [0.25, 0.3) is 0 Å². The first kappa shape index (κ1) is 15.1. The van der Waals surface area contributed by atoms with E-state index in [0.29, 0.717) is 10.6 Å². The van der Waals surface area contributed by atoms with Gasteiger partial charge in [0, 0.05) is 17.2 Å². The number of urea groups is 1. The molecule has 1 aliphatic heterocycles. The molecular formula is C16H15FN2O2S. The number of benzene rings is 1. The van der Waals surface area contributed by atoms with E-state index in [0.717, 1.165) is 31.4 Å². The molecule has 1 aromatic rings. The van der Waals surface area contributed by atoms with Crippen LogP contribution in [-0.2, 0) is 0 Å². The number of rotatable bonds is 3. The van der Waals surface area contributed by atoms with Gasteiger partial charge in [0.2, 0.25) is 0 Å². The molecular weight excluding hydrogens is 303 g/mol. The van der Waals surface area contributed by atoms with Crippen LogP contribution >= 0.6 is 11.8 Å². The molecule has 114 valence electrons. The summed E-state index contributed by atoms with van der Waals surface area (Å²) in [4.78, 5) is 31.7. The molecule has 3 rings (SSSR count). The molecule has 0 radical (unpaired) electrons. The zero-order valence-corrected chi connectivity index (χ0v) is 12.7. The van der Waals surface area contributed by atoms with Crippen molar-refractivity contribution in [3.8, 4) is 0 Å². The van der Waals surface area contributed by atoms with Crippen LogP contribution < -0.4 is 0 Å². The molecule has 1 unspecified atom stereocenters. The maximum atomic E-state index is 12.9. The predicted molar refractivity (Wildman–Crippen MR) is 85.4 cm³/mol. The van der Waals surface area contributed by atoms with Gasteiger partial charge < -0.3 is 0 Å². The van der Waals surface area contributed by atoms with Gasteiger partial charge in [-0.15, -0.1) is 11.8 Å². The third kappa shape index (κ3) is 3.32. The first-order chi connectivity index (χ1) is 10.6. The minimum Gasteiger partial charge on any atom is -0.293 e. The molecule has 0 saturated heterocycles. The van der Waals surface area contributed by atoms with Crippen molar-refractivity contribution in [2.24, 2.45) is 15.9 Å². The average Bonchev–Trinajstić information content (AvgIpc) is 2.52. The molecule has 1 aliphatic carbocycles. The first-order valence-electron chi connectivity index (χ1n) is 7.25. The normalized spacial score (nSPS) is 21.0. The number of amides is 2. The van der Waals surface area contributed by atoms with Crippen LogP contribution in [0.5, 0.6) is 0 Å². The summed E-state index contributed by atoms with van der Waals surface area (Å²) in [7, 11) is 0. The largest absolute Gasteiger partial charge is 0.367 e. The second-order valence-corrected chi connectivity index (χ2v) is 6.35. The van der Waals surface area contributed by atoms with Crippen LogP contribution in [0.1, 0.15) is 36.0 Å². The van der Waals surface area contributed by atoms with Crippen LogP contribution in [0.3, 0.4) is 0 Å². The van der Waals surface area contributed by atoms with Crippen molar-refractivity contribution in [1.82, 2.24) is 0 Å². The summed E-state index contributed by atoms with van der Waals surface area (Å²) < 4.78 is 12.9. The number of thioether (sulfide) groups is 1. The molecule has 1 atom stereocenters. The SMILES string of the molecule is O=C1N=C2CCCCC2C(SCC(=O)c2ccc(F)cc2)=N1. The zero-order chi connectivity index (χ0) is 15.5. The molecule has 2 aliphatic rings. The Kier molecular flexibility index (Phi) is 4.47. The van der Waals surface area contributed by atoms with Crippen LogP contribution in [0.2, 0.25) is 0 Å². The van der Waals surface area contributed by atoms with Crippen molar-refractivity contribution >= 4 is 34.3 Å². The summed E-state index contributed by atoms with van der Waals surface area (Å²) >= 11 is 1.30. The Balaban J connectivity index is 1.66. The molecule has 1 fully saturated rings. The average molecular weight is 318 g/mol. The Morgan fingerprint density at radius 2 is 2.00 bits per heavy atom. The van der Waals surface area contributed by atoms with Crippen molar-refractivity contribution in [3.63, 3.8) is 0 Å². The van der Waals surface area contributed by atoms with E-state index in [9.17, 15) is 14.0 Å². The lowest BCUT2D eigenvalue weighted by molar-refractivity contribution is 0.102. The van der Waals surface area contributed by atoms with Crippen LogP contribution in [0.25, 0.3) is 0 Å². The highest BCUT2D eigenvalue weighted by Crippen LogP contribution is 2.30. The monoisotopic (exact) mass is 318 g/mol. The van der Waals surface area contributed by atoms with Gasteiger partial charge in [-0.2, -0.15) is 4.99 Å². The number of hydrogen-bond donors (Lipinski definition) is 0. The van der Waals surface area contributed by atoms with E-state index < -0.39 is 6.03 Å². The quantitative estimate of drug-likeness (QED) is 0.794. The Hall–Kier alpha value is -1.82. The standard InChI is InChI=1S/C16H15FN2O2S/c17-11-7-5-10(6-8-11)14(20)9-22-15-12-3-1-2-4-13(12)18-16(21)19-15/h5-8,12H,1-4,9H2. The highest BCUT2D eigenvalue weighted by atomic mass is 32.2. The van der Waals surface area contributed by atoms with Gasteiger partial charge in [-0.05, 0) is 43.5 Å². The van der Waals surface area contributed by atoms with E-state index >= 15 is 0 Å².